The smallest absolute Gasteiger partial charge is 0.477 e. The Balaban J connectivity index is 1.01. The van der Waals surface area contributed by atoms with Crippen LogP contribution in [0.3, 0.4) is 0 Å². The van der Waals surface area contributed by atoms with Crippen molar-refractivity contribution in [2.75, 3.05) is 25.5 Å². The highest BCUT2D eigenvalue weighted by molar-refractivity contribution is 6.31. The lowest BCUT2D eigenvalue weighted by molar-refractivity contribution is -0.356. The van der Waals surface area contributed by atoms with Gasteiger partial charge in [-0.2, -0.15) is 0 Å². The van der Waals surface area contributed by atoms with E-state index in [1.807, 2.05) is 18.0 Å². The number of nitrogens with one attached hydrogen (secondary N) is 1. The largest absolute Gasteiger partial charge is 0.522 e. The molecule has 0 spiro atoms. The molecule has 0 saturated heterocycles. The third-order valence-electron chi connectivity index (χ3n) is 7.89. The average Bonchev–Trinajstić information content (AvgIpc) is 3.06. The second-order valence-electron chi connectivity index (χ2n) is 10.6. The number of benzene rings is 1. The van der Waals surface area contributed by atoms with Crippen molar-refractivity contribution in [2.45, 2.75) is 62.4 Å². The molecule has 2 unspecified atom stereocenters. The summed E-state index contributed by atoms with van der Waals surface area (Å²) in [7, 11) is 3.68. The fourth-order valence-corrected chi connectivity index (χ4v) is 6.39. The van der Waals surface area contributed by atoms with Gasteiger partial charge in [-0.3, -0.25) is 14.5 Å². The molecule has 4 fully saturated rings. The van der Waals surface area contributed by atoms with Crippen LogP contribution in [0.25, 0.3) is 0 Å². The summed E-state index contributed by atoms with van der Waals surface area (Å²) in [6.45, 7) is 0.420. The maximum atomic E-state index is 13.0. The lowest BCUT2D eigenvalue weighted by Gasteiger charge is -2.69. The highest BCUT2D eigenvalue weighted by Gasteiger charge is 2.73. The Hall–Kier alpha value is -2.40. The Bertz CT molecular complexity index is 1070. The van der Waals surface area contributed by atoms with E-state index >= 15 is 0 Å². The monoisotopic (exact) mass is 514 g/mol. The number of hydrogen-bond acceptors (Lipinski definition) is 7. The van der Waals surface area contributed by atoms with Crippen LogP contribution in [0.2, 0.25) is 5.02 Å². The van der Waals surface area contributed by atoms with Crippen molar-refractivity contribution in [2.24, 2.45) is 16.4 Å². The zero-order valence-corrected chi connectivity index (χ0v) is 20.0. The topological polar surface area (TPSA) is 75.6 Å². The van der Waals surface area contributed by atoms with E-state index in [-0.39, 0.29) is 41.8 Å². The van der Waals surface area contributed by atoms with Crippen LogP contribution in [0.4, 0.5) is 18.9 Å². The molecule has 0 aromatic heterocycles. The standard InChI is InChI=1S/C23H26ClF3N4O4/c1-30-8-17(33-16-4-3-13(24)7-15(16)30)18(32)28-22-9-21(10-22,11-22)20-29-31(2)19(34-20)12-5-14(6-12)35-23(25,26)27/h3-4,7,12,14,17,19H,5-6,8-11H2,1-2H3,(H,28,32)/t12-,14+,17?,19?,21?,22?. The van der Waals surface area contributed by atoms with Gasteiger partial charge in [-0.1, -0.05) is 11.6 Å². The fraction of sp³-hybridized carbons (Fsp3) is 0.652. The van der Waals surface area contributed by atoms with Gasteiger partial charge < -0.3 is 19.7 Å². The van der Waals surface area contributed by atoms with Gasteiger partial charge in [0.25, 0.3) is 5.91 Å². The molecule has 2 atom stereocenters. The minimum atomic E-state index is -4.61. The van der Waals surface area contributed by atoms with Crippen molar-refractivity contribution in [1.82, 2.24) is 10.3 Å². The van der Waals surface area contributed by atoms with Gasteiger partial charge in [0, 0.05) is 30.6 Å². The molecule has 2 aliphatic heterocycles. The summed E-state index contributed by atoms with van der Waals surface area (Å²) >= 11 is 6.07. The number of halogens is 4. The Morgan fingerprint density at radius 3 is 2.63 bits per heavy atom. The summed E-state index contributed by atoms with van der Waals surface area (Å²) in [6.07, 6.45) is -3.68. The van der Waals surface area contributed by atoms with E-state index < -0.39 is 18.6 Å². The van der Waals surface area contributed by atoms with Crippen molar-refractivity contribution < 1.29 is 32.2 Å². The maximum Gasteiger partial charge on any atom is 0.522 e. The number of rotatable bonds is 5. The Kier molecular flexibility index (Phi) is 4.97. The summed E-state index contributed by atoms with van der Waals surface area (Å²) in [5, 5.41) is 10.0. The van der Waals surface area contributed by atoms with E-state index in [0.717, 1.165) is 24.9 Å². The second kappa shape index (κ2) is 7.55. The van der Waals surface area contributed by atoms with Crippen molar-refractivity contribution in [1.29, 1.82) is 0 Å². The van der Waals surface area contributed by atoms with Crippen LogP contribution in [-0.2, 0) is 14.3 Å². The van der Waals surface area contributed by atoms with Gasteiger partial charge in [-0.15, -0.1) is 18.3 Å². The highest BCUT2D eigenvalue weighted by atomic mass is 35.5. The fourth-order valence-electron chi connectivity index (χ4n) is 6.22. The molecule has 190 valence electrons. The molecule has 4 saturated carbocycles. The van der Waals surface area contributed by atoms with Crippen molar-refractivity contribution >= 4 is 29.1 Å². The quantitative estimate of drug-likeness (QED) is 0.648. The molecule has 7 rings (SSSR count). The number of nitrogens with zero attached hydrogens (tertiary/aromatic N) is 3. The number of ether oxygens (including phenoxy) is 3. The first-order chi connectivity index (χ1) is 16.4. The lowest BCUT2D eigenvalue weighted by Crippen LogP contribution is -2.78. The van der Waals surface area contributed by atoms with E-state index in [0.29, 0.717) is 23.2 Å². The first-order valence-corrected chi connectivity index (χ1v) is 12.0. The van der Waals surface area contributed by atoms with Crippen LogP contribution in [0, 0.1) is 11.3 Å². The van der Waals surface area contributed by atoms with Gasteiger partial charge in [0.2, 0.25) is 5.90 Å². The highest BCUT2D eigenvalue weighted by Crippen LogP contribution is 2.68. The van der Waals surface area contributed by atoms with Crippen LogP contribution in [0.15, 0.2) is 23.3 Å². The third kappa shape index (κ3) is 3.87. The van der Waals surface area contributed by atoms with E-state index in [9.17, 15) is 18.0 Å². The molecule has 1 N–H and O–H groups in total. The number of hydrazone groups is 1. The van der Waals surface area contributed by atoms with E-state index in [1.165, 1.54) is 0 Å². The number of anilines is 1. The van der Waals surface area contributed by atoms with Gasteiger partial charge in [-0.05, 0) is 50.3 Å². The van der Waals surface area contributed by atoms with E-state index in [4.69, 9.17) is 21.1 Å². The molecule has 4 aliphatic carbocycles. The first-order valence-electron chi connectivity index (χ1n) is 11.7. The Morgan fingerprint density at radius 1 is 1.23 bits per heavy atom. The number of fused-ring (bicyclic) bond motifs is 1. The normalized spacial score (nSPS) is 37.1. The molecule has 6 aliphatic rings. The van der Waals surface area contributed by atoms with Crippen LogP contribution < -0.4 is 15.0 Å². The van der Waals surface area contributed by atoms with Gasteiger partial charge in [0.15, 0.2) is 12.3 Å². The minimum Gasteiger partial charge on any atom is -0.477 e. The molecule has 1 aromatic carbocycles. The lowest BCUT2D eigenvalue weighted by atomic mass is 9.39. The van der Waals surface area contributed by atoms with Crippen LogP contribution in [0.1, 0.15) is 32.1 Å². The number of alkyl halides is 3. The molecule has 12 heteroatoms. The molecule has 2 bridgehead atoms. The predicted molar refractivity (Wildman–Crippen MR) is 120 cm³/mol. The number of amides is 1. The SMILES string of the molecule is CN1CC(C(=O)NC23CC(C4=NN(C)C([C@H]5C[C@@H](OC(F)(F)F)C5)O4)(C2)C3)Oc2ccc(Cl)cc21. The number of hydrogen-bond donors (Lipinski definition) is 1. The van der Waals surface area contributed by atoms with Gasteiger partial charge in [0.05, 0.1) is 23.8 Å². The van der Waals surface area contributed by atoms with E-state index in [1.54, 1.807) is 24.2 Å². The zero-order valence-electron chi connectivity index (χ0n) is 19.3. The molecule has 35 heavy (non-hydrogen) atoms. The molecule has 2 heterocycles. The van der Waals surface area contributed by atoms with E-state index in [2.05, 4.69) is 15.2 Å². The third-order valence-corrected chi connectivity index (χ3v) is 8.13. The summed E-state index contributed by atoms with van der Waals surface area (Å²) in [5.74, 6) is 1.04. The summed E-state index contributed by atoms with van der Waals surface area (Å²) in [4.78, 5) is 15.0. The van der Waals surface area contributed by atoms with Crippen LogP contribution in [0.5, 0.6) is 5.75 Å². The molecule has 1 aromatic rings. The molecular weight excluding hydrogens is 489 g/mol. The predicted octanol–water partition coefficient (Wildman–Crippen LogP) is 3.49. The summed E-state index contributed by atoms with van der Waals surface area (Å²) in [5.41, 5.74) is 0.350. The average molecular weight is 515 g/mol. The number of carbonyl (C=O) groups excluding carboxylic acids is 1. The van der Waals surface area contributed by atoms with Gasteiger partial charge in [0.1, 0.15) is 5.75 Å². The Morgan fingerprint density at radius 2 is 1.94 bits per heavy atom. The zero-order chi connectivity index (χ0) is 24.8. The van der Waals surface area contributed by atoms with Crippen molar-refractivity contribution in [3.8, 4) is 5.75 Å². The van der Waals surface area contributed by atoms with Crippen molar-refractivity contribution in [3.05, 3.63) is 23.2 Å². The van der Waals surface area contributed by atoms with Crippen LogP contribution >= 0.6 is 11.6 Å². The minimum absolute atomic E-state index is 0.0622. The van der Waals surface area contributed by atoms with Crippen LogP contribution in [-0.4, -0.2) is 67.8 Å². The molecular formula is C23H26ClF3N4O4. The number of likely N-dealkylation sites (N-methyl/N-ethyl adjacent to an activating group) is 1. The summed E-state index contributed by atoms with van der Waals surface area (Å²) in [6, 6.07) is 5.32. The first kappa shape index (κ1) is 23.0. The summed E-state index contributed by atoms with van der Waals surface area (Å²) < 4.78 is 53.3. The maximum absolute atomic E-state index is 13.0. The molecule has 8 nitrogen and oxygen atoms in total. The van der Waals surface area contributed by atoms with Crippen molar-refractivity contribution in [3.63, 3.8) is 0 Å². The van der Waals surface area contributed by atoms with Gasteiger partial charge >= 0.3 is 6.36 Å². The molecule has 0 radical (unpaired) electrons. The molecule has 1 amide bonds. The Labute approximate surface area is 205 Å². The second-order valence-corrected chi connectivity index (χ2v) is 11.0. The number of carbonyl (C=O) groups is 1. The van der Waals surface area contributed by atoms with Gasteiger partial charge in [-0.25, -0.2) is 0 Å².